The van der Waals surface area contributed by atoms with Crippen LogP contribution in [0.3, 0.4) is 0 Å². The lowest BCUT2D eigenvalue weighted by Gasteiger charge is -2.30. The minimum atomic E-state index is 0.367. The molecule has 2 heterocycles. The Kier molecular flexibility index (Phi) is 5.99. The Balaban J connectivity index is 1.75. The number of aliphatic imine (C=N–C) groups is 1. The fraction of sp³-hybridized carbons (Fsp3) is 0.450. The summed E-state index contributed by atoms with van der Waals surface area (Å²) in [5, 5.41) is 2.05. The lowest BCUT2D eigenvalue weighted by Crippen LogP contribution is -2.50. The smallest absolute Gasteiger partial charge is 0.141 e. The molecule has 0 aromatic heterocycles. The van der Waals surface area contributed by atoms with E-state index in [-0.39, 0.29) is 0 Å². The number of hydrogen-bond donors (Lipinski definition) is 2. The molecule has 1 saturated heterocycles. The second kappa shape index (κ2) is 8.21. The molecule has 2 N–H and O–H groups in total. The van der Waals surface area contributed by atoms with Gasteiger partial charge >= 0.3 is 0 Å². The summed E-state index contributed by atoms with van der Waals surface area (Å²) in [6.07, 6.45) is 8.71. The molecule has 0 radical (unpaired) electrons. The van der Waals surface area contributed by atoms with Crippen LogP contribution in [-0.4, -0.2) is 35.9 Å². The highest BCUT2D eigenvalue weighted by atomic mass is 32.2. The molecular formula is C20H28N4S. The molecule has 1 unspecified atom stereocenters. The Bertz CT molecular complexity index is 655. The van der Waals surface area contributed by atoms with Gasteiger partial charge in [0.25, 0.3) is 0 Å². The molecule has 0 bridgehead atoms. The standard InChI is InChI=1S/C20H28N4S/c1-5-10-25-15(4)20-21-12-18(14(3)6-2)19-11-17(13-24(19)20)23-22-16-8-7-9-16/h5-6,10,16-17,22-23H,2-4,7-9,11-13H2,1H3/b10-5-. The van der Waals surface area contributed by atoms with Crippen molar-refractivity contribution in [2.24, 2.45) is 4.99 Å². The van der Waals surface area contributed by atoms with E-state index in [1.54, 1.807) is 11.8 Å². The minimum absolute atomic E-state index is 0.367. The number of nitrogens with one attached hydrogen (secondary N) is 2. The highest BCUT2D eigenvalue weighted by Gasteiger charge is 2.35. The third-order valence-corrected chi connectivity index (χ3v) is 5.86. The molecule has 1 saturated carbocycles. The molecule has 0 amide bonds. The number of hydrazine groups is 1. The normalized spacial score (nSPS) is 23.5. The first-order valence-corrected chi connectivity index (χ1v) is 9.85. The second-order valence-electron chi connectivity index (χ2n) is 6.73. The molecule has 2 aliphatic heterocycles. The van der Waals surface area contributed by atoms with Gasteiger partial charge in [-0.2, -0.15) is 0 Å². The molecule has 4 nitrogen and oxygen atoms in total. The van der Waals surface area contributed by atoms with Gasteiger partial charge in [0.05, 0.1) is 6.54 Å². The van der Waals surface area contributed by atoms with Crippen molar-refractivity contribution < 1.29 is 0 Å². The van der Waals surface area contributed by atoms with Gasteiger partial charge in [0.2, 0.25) is 0 Å². The topological polar surface area (TPSA) is 39.7 Å². The number of rotatable bonds is 8. The number of nitrogens with zero attached hydrogens (tertiary/aromatic N) is 2. The predicted octanol–water partition coefficient (Wildman–Crippen LogP) is 3.90. The fourth-order valence-electron chi connectivity index (χ4n) is 3.31. The monoisotopic (exact) mass is 356 g/mol. The zero-order valence-electron chi connectivity index (χ0n) is 15.1. The van der Waals surface area contributed by atoms with Crippen LogP contribution >= 0.6 is 11.8 Å². The Morgan fingerprint density at radius 2 is 2.04 bits per heavy atom. The molecule has 2 fully saturated rings. The third kappa shape index (κ3) is 4.00. The summed E-state index contributed by atoms with van der Waals surface area (Å²) in [5.74, 6) is 0.992. The number of amidine groups is 1. The van der Waals surface area contributed by atoms with Gasteiger partial charge in [0.15, 0.2) is 0 Å². The average molecular weight is 357 g/mol. The molecule has 25 heavy (non-hydrogen) atoms. The fourth-order valence-corrected chi connectivity index (χ4v) is 3.89. The van der Waals surface area contributed by atoms with Gasteiger partial charge in [-0.3, -0.25) is 15.8 Å². The van der Waals surface area contributed by atoms with Crippen molar-refractivity contribution in [2.45, 2.75) is 44.7 Å². The first-order chi connectivity index (χ1) is 12.1. The molecule has 3 aliphatic rings. The lowest BCUT2D eigenvalue weighted by atomic mass is 9.94. The van der Waals surface area contributed by atoms with E-state index >= 15 is 0 Å². The van der Waals surface area contributed by atoms with Gasteiger partial charge in [-0.1, -0.05) is 50.1 Å². The van der Waals surface area contributed by atoms with E-state index in [0.29, 0.717) is 18.6 Å². The summed E-state index contributed by atoms with van der Waals surface area (Å²) in [7, 11) is 0. The van der Waals surface area contributed by atoms with E-state index in [1.807, 2.05) is 19.1 Å². The molecule has 3 rings (SSSR count). The van der Waals surface area contributed by atoms with E-state index in [9.17, 15) is 0 Å². The van der Waals surface area contributed by atoms with Crippen LogP contribution in [0.4, 0.5) is 0 Å². The molecule has 0 aromatic rings. The Morgan fingerprint density at radius 3 is 2.68 bits per heavy atom. The summed E-state index contributed by atoms with van der Waals surface area (Å²) < 4.78 is 0. The van der Waals surface area contributed by atoms with Crippen LogP contribution in [0, 0.1) is 0 Å². The van der Waals surface area contributed by atoms with Crippen molar-refractivity contribution in [1.82, 2.24) is 15.8 Å². The van der Waals surface area contributed by atoms with Gasteiger partial charge in [-0.15, -0.1) is 0 Å². The zero-order valence-corrected chi connectivity index (χ0v) is 15.9. The van der Waals surface area contributed by atoms with E-state index in [1.165, 1.54) is 30.5 Å². The Morgan fingerprint density at radius 1 is 1.28 bits per heavy atom. The van der Waals surface area contributed by atoms with Gasteiger partial charge in [-0.25, -0.2) is 0 Å². The van der Waals surface area contributed by atoms with Gasteiger partial charge < -0.3 is 4.90 Å². The zero-order chi connectivity index (χ0) is 17.8. The highest BCUT2D eigenvalue weighted by Crippen LogP contribution is 2.35. The number of thioether (sulfide) groups is 1. The molecule has 0 spiro atoms. The summed E-state index contributed by atoms with van der Waals surface area (Å²) in [6.45, 7) is 15.8. The highest BCUT2D eigenvalue weighted by molar-refractivity contribution is 8.06. The lowest BCUT2D eigenvalue weighted by molar-refractivity contribution is 0.279. The molecule has 1 atom stereocenters. The maximum atomic E-state index is 4.81. The summed E-state index contributed by atoms with van der Waals surface area (Å²) >= 11 is 1.63. The quantitative estimate of drug-likeness (QED) is 0.511. The summed E-state index contributed by atoms with van der Waals surface area (Å²) in [4.78, 5) is 8.11. The minimum Gasteiger partial charge on any atom is -0.327 e. The maximum absolute atomic E-state index is 4.81. The summed E-state index contributed by atoms with van der Waals surface area (Å²) in [6, 6.07) is 0.994. The first-order valence-electron chi connectivity index (χ1n) is 8.98. The van der Waals surface area contributed by atoms with E-state index in [2.05, 4.69) is 40.9 Å². The van der Waals surface area contributed by atoms with Crippen molar-refractivity contribution in [1.29, 1.82) is 0 Å². The van der Waals surface area contributed by atoms with Crippen molar-refractivity contribution in [3.8, 4) is 0 Å². The van der Waals surface area contributed by atoms with E-state index < -0.39 is 0 Å². The molecule has 5 heteroatoms. The average Bonchev–Trinajstić information content (AvgIpc) is 3.00. The van der Waals surface area contributed by atoms with Gasteiger partial charge in [0, 0.05) is 35.7 Å². The Labute approximate surface area is 155 Å². The molecule has 134 valence electrons. The third-order valence-electron chi connectivity index (χ3n) is 4.99. The van der Waals surface area contributed by atoms with Crippen LogP contribution in [0.2, 0.25) is 0 Å². The van der Waals surface area contributed by atoms with Crippen LogP contribution in [0.1, 0.15) is 32.6 Å². The van der Waals surface area contributed by atoms with Crippen LogP contribution in [0.5, 0.6) is 0 Å². The number of allylic oxidation sites excluding steroid dienone is 2. The number of hydrogen-bond acceptors (Lipinski definition) is 5. The summed E-state index contributed by atoms with van der Waals surface area (Å²) in [5.41, 5.74) is 10.5. The predicted molar refractivity (Wildman–Crippen MR) is 109 cm³/mol. The van der Waals surface area contributed by atoms with Gasteiger partial charge in [-0.05, 0) is 36.3 Å². The van der Waals surface area contributed by atoms with Gasteiger partial charge in [0.1, 0.15) is 5.84 Å². The van der Waals surface area contributed by atoms with Crippen molar-refractivity contribution in [3.63, 3.8) is 0 Å². The van der Waals surface area contributed by atoms with E-state index in [4.69, 9.17) is 4.99 Å². The van der Waals surface area contributed by atoms with Crippen LogP contribution in [0.15, 0.2) is 64.0 Å². The molecular weight excluding hydrogens is 328 g/mol. The maximum Gasteiger partial charge on any atom is 0.141 e. The van der Waals surface area contributed by atoms with Crippen LogP contribution in [-0.2, 0) is 0 Å². The SMILES string of the molecule is C=CC(=C)C1=C2CC(NNC3CCC3)CN2C(C(=C)S/C=C\C)=NC1. The van der Waals surface area contributed by atoms with E-state index in [0.717, 1.165) is 29.3 Å². The Hall–Kier alpha value is -1.56. The van der Waals surface area contributed by atoms with Crippen molar-refractivity contribution >= 4 is 17.6 Å². The van der Waals surface area contributed by atoms with Crippen molar-refractivity contribution in [3.05, 3.63) is 59.0 Å². The number of fused-ring (bicyclic) bond motifs is 1. The first kappa shape index (κ1) is 18.2. The van der Waals surface area contributed by atoms with Crippen molar-refractivity contribution in [2.75, 3.05) is 13.1 Å². The molecule has 1 aliphatic carbocycles. The van der Waals surface area contributed by atoms with Crippen LogP contribution in [0.25, 0.3) is 0 Å². The second-order valence-corrected chi connectivity index (χ2v) is 7.73. The molecule has 0 aromatic carbocycles. The van der Waals surface area contributed by atoms with Crippen LogP contribution < -0.4 is 10.9 Å². The largest absolute Gasteiger partial charge is 0.327 e.